The Labute approximate surface area is 142 Å². The summed E-state index contributed by atoms with van der Waals surface area (Å²) in [6.45, 7) is -1.01. The molecule has 0 saturated heterocycles. The number of hydrogen-bond donors (Lipinski definition) is 1. The molecule has 0 aliphatic carbocycles. The van der Waals surface area contributed by atoms with Gasteiger partial charge in [-0.15, -0.1) is 5.10 Å². The van der Waals surface area contributed by atoms with Crippen molar-refractivity contribution in [2.45, 2.75) is 18.1 Å². The third kappa shape index (κ3) is 3.01. The van der Waals surface area contributed by atoms with Crippen LogP contribution in [0.4, 0.5) is 22.0 Å². The fourth-order valence-corrected chi connectivity index (χ4v) is 2.45. The van der Waals surface area contributed by atoms with E-state index in [0.29, 0.717) is 24.3 Å². The van der Waals surface area contributed by atoms with Gasteiger partial charge in [-0.25, -0.2) is 17.9 Å². The third-order valence-electron chi connectivity index (χ3n) is 3.72. The normalized spacial score (nSPS) is 14.2. The largest absolute Gasteiger partial charge is 0.377 e. The zero-order chi connectivity index (χ0) is 18.9. The second kappa shape index (κ2) is 6.41. The first-order valence-electron chi connectivity index (χ1n) is 7.12. The Hall–Kier alpha value is -2.95. The van der Waals surface area contributed by atoms with Gasteiger partial charge in [0.15, 0.2) is 5.60 Å². The number of aliphatic hydroxyl groups is 1. The molecule has 0 aliphatic heterocycles. The van der Waals surface area contributed by atoms with E-state index in [9.17, 15) is 18.3 Å². The van der Waals surface area contributed by atoms with Crippen molar-refractivity contribution in [1.29, 1.82) is 0 Å². The molecule has 0 fully saturated rings. The highest BCUT2D eigenvalue weighted by Crippen LogP contribution is 2.46. The minimum Gasteiger partial charge on any atom is -0.377 e. The quantitative estimate of drug-likeness (QED) is 0.696. The molecule has 0 saturated carbocycles. The molecule has 1 atom stereocenters. The lowest BCUT2D eigenvalue weighted by molar-refractivity contribution is -0.208. The van der Waals surface area contributed by atoms with Crippen LogP contribution in [0.3, 0.4) is 0 Å². The van der Waals surface area contributed by atoms with E-state index < -0.39 is 46.8 Å². The zero-order valence-electron chi connectivity index (χ0n) is 12.8. The molecule has 26 heavy (non-hydrogen) atoms. The molecular weight excluding hydrogens is 361 g/mol. The summed E-state index contributed by atoms with van der Waals surface area (Å²) in [6.07, 6.45) is 1.69. The highest BCUT2D eigenvalue weighted by molar-refractivity contribution is 5.31. The SMILES string of the molecule is OC(Cn1cnnn1)(c1ccc(F)cc1F)C(F)(F)c1cc(F)ccn1. The predicted molar refractivity (Wildman–Crippen MR) is 76.2 cm³/mol. The molecule has 0 aliphatic rings. The molecule has 1 unspecified atom stereocenters. The number of benzene rings is 1. The molecule has 1 N–H and O–H groups in total. The molecule has 3 aromatic rings. The molecular formula is C15H10F5N5O. The summed E-state index contributed by atoms with van der Waals surface area (Å²) in [5.74, 6) is -7.75. The molecule has 3 rings (SSSR count). The smallest absolute Gasteiger partial charge is 0.323 e. The molecule has 0 spiro atoms. The van der Waals surface area contributed by atoms with Crippen molar-refractivity contribution in [3.63, 3.8) is 0 Å². The van der Waals surface area contributed by atoms with Crippen molar-refractivity contribution >= 4 is 0 Å². The van der Waals surface area contributed by atoms with E-state index >= 15 is 8.78 Å². The minimum atomic E-state index is -4.28. The zero-order valence-corrected chi connectivity index (χ0v) is 12.8. The Morgan fingerprint density at radius 3 is 2.38 bits per heavy atom. The number of alkyl halides is 2. The summed E-state index contributed by atoms with van der Waals surface area (Å²) in [5, 5.41) is 20.7. The van der Waals surface area contributed by atoms with Crippen LogP contribution in [0.25, 0.3) is 0 Å². The summed E-state index contributed by atoms with van der Waals surface area (Å²) in [4.78, 5) is 3.37. The summed E-state index contributed by atoms with van der Waals surface area (Å²) in [5.41, 5.74) is -5.36. The fourth-order valence-electron chi connectivity index (χ4n) is 2.45. The lowest BCUT2D eigenvalue weighted by Gasteiger charge is -2.35. The standard InChI is InChI=1S/C15H10F5N5O/c16-9-1-2-11(12(18)5-9)14(26,7-25-8-22-23-24-25)15(19,20)13-6-10(17)3-4-21-13/h1-6,8,26H,7H2. The van der Waals surface area contributed by atoms with Gasteiger partial charge in [-0.3, -0.25) is 4.98 Å². The van der Waals surface area contributed by atoms with Gasteiger partial charge in [0.05, 0.1) is 6.54 Å². The number of hydrogen-bond acceptors (Lipinski definition) is 5. The van der Waals surface area contributed by atoms with E-state index in [2.05, 4.69) is 20.5 Å². The Morgan fingerprint density at radius 2 is 1.77 bits per heavy atom. The predicted octanol–water partition coefficient (Wildman–Crippen LogP) is 2.17. The molecule has 0 radical (unpaired) electrons. The number of rotatable bonds is 5. The maximum absolute atomic E-state index is 15.1. The van der Waals surface area contributed by atoms with Gasteiger partial charge in [0.2, 0.25) is 0 Å². The van der Waals surface area contributed by atoms with Crippen LogP contribution in [0.5, 0.6) is 0 Å². The first kappa shape index (κ1) is 17.9. The van der Waals surface area contributed by atoms with E-state index in [1.54, 1.807) is 0 Å². The van der Waals surface area contributed by atoms with Crippen LogP contribution in [0.15, 0.2) is 42.9 Å². The number of pyridine rings is 1. The van der Waals surface area contributed by atoms with E-state index in [0.717, 1.165) is 23.3 Å². The molecule has 0 bridgehead atoms. The van der Waals surface area contributed by atoms with Gasteiger partial charge in [0.25, 0.3) is 0 Å². The second-order valence-electron chi connectivity index (χ2n) is 5.43. The van der Waals surface area contributed by atoms with Crippen molar-refractivity contribution in [3.05, 3.63) is 71.6 Å². The summed E-state index contributed by atoms with van der Waals surface area (Å²) in [6, 6.07) is 2.96. The highest BCUT2D eigenvalue weighted by Gasteiger charge is 2.58. The molecule has 136 valence electrons. The summed E-state index contributed by atoms with van der Waals surface area (Å²) >= 11 is 0. The Bertz CT molecular complexity index is 921. The maximum Gasteiger partial charge on any atom is 0.323 e. The Morgan fingerprint density at radius 1 is 1.04 bits per heavy atom. The molecule has 6 nitrogen and oxygen atoms in total. The van der Waals surface area contributed by atoms with E-state index in [1.807, 2.05) is 0 Å². The van der Waals surface area contributed by atoms with Gasteiger partial charge in [0, 0.05) is 23.9 Å². The number of aromatic nitrogens is 5. The van der Waals surface area contributed by atoms with E-state index in [4.69, 9.17) is 0 Å². The second-order valence-corrected chi connectivity index (χ2v) is 5.43. The molecule has 1 aromatic carbocycles. The average molecular weight is 371 g/mol. The van der Waals surface area contributed by atoms with Gasteiger partial charge >= 0.3 is 5.92 Å². The van der Waals surface area contributed by atoms with E-state index in [-0.39, 0.29) is 0 Å². The lowest BCUT2D eigenvalue weighted by Crippen LogP contribution is -2.48. The summed E-state index contributed by atoms with van der Waals surface area (Å²) < 4.78 is 71.7. The van der Waals surface area contributed by atoms with Crippen molar-refractivity contribution in [2.24, 2.45) is 0 Å². The van der Waals surface area contributed by atoms with Crippen LogP contribution < -0.4 is 0 Å². The average Bonchev–Trinajstić information content (AvgIpc) is 3.07. The molecule has 2 aromatic heterocycles. The molecule has 11 heteroatoms. The van der Waals surface area contributed by atoms with Crippen molar-refractivity contribution in [2.75, 3.05) is 0 Å². The number of nitrogens with zero attached hydrogens (tertiary/aromatic N) is 5. The van der Waals surface area contributed by atoms with Crippen LogP contribution in [-0.4, -0.2) is 30.3 Å². The third-order valence-corrected chi connectivity index (χ3v) is 3.72. The molecule has 0 amide bonds. The van der Waals surface area contributed by atoms with E-state index in [1.165, 1.54) is 0 Å². The lowest BCUT2D eigenvalue weighted by atomic mass is 9.84. The number of halogens is 5. The van der Waals surface area contributed by atoms with Crippen LogP contribution in [0.1, 0.15) is 11.3 Å². The van der Waals surface area contributed by atoms with Crippen molar-refractivity contribution in [3.8, 4) is 0 Å². The van der Waals surface area contributed by atoms with Crippen LogP contribution >= 0.6 is 0 Å². The first-order chi connectivity index (χ1) is 12.2. The maximum atomic E-state index is 15.1. The van der Waals surface area contributed by atoms with Crippen molar-refractivity contribution in [1.82, 2.24) is 25.2 Å². The van der Waals surface area contributed by atoms with Crippen LogP contribution in [0.2, 0.25) is 0 Å². The van der Waals surface area contributed by atoms with Gasteiger partial charge in [-0.1, -0.05) is 0 Å². The monoisotopic (exact) mass is 371 g/mol. The van der Waals surface area contributed by atoms with Gasteiger partial charge in [0.1, 0.15) is 29.5 Å². The van der Waals surface area contributed by atoms with Gasteiger partial charge in [-0.05, 0) is 28.6 Å². The van der Waals surface area contributed by atoms with Crippen molar-refractivity contribution < 1.29 is 27.1 Å². The topological polar surface area (TPSA) is 76.7 Å². The first-order valence-corrected chi connectivity index (χ1v) is 7.12. The Kier molecular flexibility index (Phi) is 4.40. The number of tetrazole rings is 1. The highest BCUT2D eigenvalue weighted by atomic mass is 19.3. The molecule has 2 heterocycles. The van der Waals surface area contributed by atoms with Gasteiger partial charge in [-0.2, -0.15) is 8.78 Å². The van der Waals surface area contributed by atoms with Crippen LogP contribution in [-0.2, 0) is 18.1 Å². The van der Waals surface area contributed by atoms with Gasteiger partial charge < -0.3 is 5.11 Å². The fraction of sp³-hybridized carbons (Fsp3) is 0.200. The minimum absolute atomic E-state index is 0.342. The Balaban J connectivity index is 2.19. The summed E-state index contributed by atoms with van der Waals surface area (Å²) in [7, 11) is 0. The van der Waals surface area contributed by atoms with Crippen LogP contribution in [0, 0.1) is 17.5 Å².